The largest absolute Gasteiger partial charge is 0.389 e. The predicted octanol–water partition coefficient (Wildman–Crippen LogP) is 1.97. The molecule has 0 aliphatic carbocycles. The molecule has 5 heteroatoms. The highest BCUT2D eigenvalue weighted by Crippen LogP contribution is 2.05. The minimum Gasteiger partial charge on any atom is -0.389 e. The van der Waals surface area contributed by atoms with Crippen LogP contribution in [0, 0.1) is 0 Å². The Balaban J connectivity index is 1.60. The molecule has 0 saturated heterocycles. The minimum atomic E-state index is -0.764. The van der Waals surface area contributed by atoms with E-state index in [0.29, 0.717) is 17.5 Å². The second-order valence-electron chi connectivity index (χ2n) is 5.37. The molecule has 0 amide bonds. The lowest BCUT2D eigenvalue weighted by molar-refractivity contribution is 0.0198. The van der Waals surface area contributed by atoms with Crippen molar-refractivity contribution in [2.45, 2.75) is 19.3 Å². The van der Waals surface area contributed by atoms with Gasteiger partial charge in [0.05, 0.1) is 43.1 Å². The molecule has 1 N–H and O–H groups in total. The molecular formula is C18H18N2O3. The molecule has 2 aromatic carbocycles. The van der Waals surface area contributed by atoms with Crippen LogP contribution >= 0.6 is 0 Å². The van der Waals surface area contributed by atoms with Crippen LogP contribution in [0.1, 0.15) is 5.56 Å². The van der Waals surface area contributed by atoms with Crippen molar-refractivity contribution in [1.29, 1.82) is 0 Å². The Labute approximate surface area is 133 Å². The van der Waals surface area contributed by atoms with Crippen LogP contribution < -0.4 is 5.56 Å². The fourth-order valence-electron chi connectivity index (χ4n) is 2.40. The Morgan fingerprint density at radius 1 is 1.09 bits per heavy atom. The first-order chi connectivity index (χ1) is 11.2. The van der Waals surface area contributed by atoms with E-state index >= 15 is 0 Å². The maximum atomic E-state index is 12.3. The quantitative estimate of drug-likeness (QED) is 0.756. The molecule has 0 unspecified atom stereocenters. The Kier molecular flexibility index (Phi) is 4.80. The van der Waals surface area contributed by atoms with E-state index in [9.17, 15) is 9.90 Å². The zero-order valence-electron chi connectivity index (χ0n) is 12.6. The molecule has 0 aliphatic rings. The number of hydrogen-bond donors (Lipinski definition) is 1. The SMILES string of the molecule is O=c1c2ccccc2ncn1C[C@H](O)COCc1ccccc1. The number of aliphatic hydroxyl groups is 1. The summed E-state index contributed by atoms with van der Waals surface area (Å²) in [5.74, 6) is 0. The molecule has 23 heavy (non-hydrogen) atoms. The first-order valence-electron chi connectivity index (χ1n) is 7.48. The van der Waals surface area contributed by atoms with Gasteiger partial charge in [0.2, 0.25) is 0 Å². The lowest BCUT2D eigenvalue weighted by atomic mass is 10.2. The number of aromatic nitrogens is 2. The Hall–Kier alpha value is -2.50. The van der Waals surface area contributed by atoms with Crippen LogP contribution in [0.15, 0.2) is 65.7 Å². The zero-order chi connectivity index (χ0) is 16.1. The normalized spacial score (nSPS) is 12.4. The highest BCUT2D eigenvalue weighted by Gasteiger charge is 2.09. The van der Waals surface area contributed by atoms with E-state index in [2.05, 4.69) is 4.98 Å². The Bertz CT molecular complexity index is 830. The van der Waals surface area contributed by atoms with Gasteiger partial charge in [0, 0.05) is 0 Å². The van der Waals surface area contributed by atoms with Gasteiger partial charge in [-0.2, -0.15) is 0 Å². The molecule has 3 aromatic rings. The number of hydrogen-bond acceptors (Lipinski definition) is 4. The minimum absolute atomic E-state index is 0.155. The van der Waals surface area contributed by atoms with Crippen molar-refractivity contribution in [2.24, 2.45) is 0 Å². The third kappa shape index (κ3) is 3.83. The molecule has 0 aliphatic heterocycles. The van der Waals surface area contributed by atoms with Crippen LogP contribution in [0.3, 0.4) is 0 Å². The van der Waals surface area contributed by atoms with Crippen LogP contribution in [-0.4, -0.2) is 27.4 Å². The van der Waals surface area contributed by atoms with Gasteiger partial charge in [-0.25, -0.2) is 4.98 Å². The monoisotopic (exact) mass is 310 g/mol. The summed E-state index contributed by atoms with van der Waals surface area (Å²) in [5, 5.41) is 10.6. The molecule has 1 atom stereocenters. The van der Waals surface area contributed by atoms with Crippen molar-refractivity contribution in [2.75, 3.05) is 6.61 Å². The summed E-state index contributed by atoms with van der Waals surface area (Å²) in [5.41, 5.74) is 1.55. The van der Waals surface area contributed by atoms with Crippen LogP contribution in [0.4, 0.5) is 0 Å². The molecule has 3 rings (SSSR count). The molecule has 1 aromatic heterocycles. The molecule has 118 valence electrons. The van der Waals surface area contributed by atoms with E-state index in [1.165, 1.54) is 10.9 Å². The first-order valence-corrected chi connectivity index (χ1v) is 7.48. The summed E-state index contributed by atoms with van der Waals surface area (Å²) < 4.78 is 6.91. The van der Waals surface area contributed by atoms with E-state index in [1.54, 1.807) is 18.2 Å². The predicted molar refractivity (Wildman–Crippen MR) is 88.1 cm³/mol. The highest BCUT2D eigenvalue weighted by atomic mass is 16.5. The number of nitrogens with zero attached hydrogens (tertiary/aromatic N) is 2. The van der Waals surface area contributed by atoms with Crippen molar-refractivity contribution in [3.05, 3.63) is 76.8 Å². The maximum absolute atomic E-state index is 12.3. The standard InChI is InChI=1S/C18H18N2O3/c21-15(12-23-11-14-6-2-1-3-7-14)10-20-13-19-17-9-5-4-8-16(17)18(20)22/h1-9,13,15,21H,10-12H2/t15-/m0/s1. The van der Waals surface area contributed by atoms with Gasteiger partial charge in [-0.1, -0.05) is 42.5 Å². The summed E-state index contributed by atoms with van der Waals surface area (Å²) in [6.45, 7) is 0.752. The fourth-order valence-corrected chi connectivity index (χ4v) is 2.40. The lowest BCUT2D eigenvalue weighted by Gasteiger charge is -2.13. The van der Waals surface area contributed by atoms with Crippen molar-refractivity contribution in [1.82, 2.24) is 9.55 Å². The van der Waals surface area contributed by atoms with Crippen LogP contribution in [-0.2, 0) is 17.9 Å². The van der Waals surface area contributed by atoms with Gasteiger partial charge in [-0.15, -0.1) is 0 Å². The van der Waals surface area contributed by atoms with Gasteiger partial charge in [-0.05, 0) is 17.7 Å². The number of para-hydroxylation sites is 1. The molecule has 5 nitrogen and oxygen atoms in total. The average Bonchev–Trinajstić information content (AvgIpc) is 2.59. The van der Waals surface area contributed by atoms with Crippen molar-refractivity contribution < 1.29 is 9.84 Å². The zero-order valence-corrected chi connectivity index (χ0v) is 12.6. The summed E-state index contributed by atoms with van der Waals surface area (Å²) in [6.07, 6.45) is 0.699. The third-order valence-electron chi connectivity index (χ3n) is 3.56. The third-order valence-corrected chi connectivity index (χ3v) is 3.56. The van der Waals surface area contributed by atoms with Crippen molar-refractivity contribution in [3.63, 3.8) is 0 Å². The number of benzene rings is 2. The van der Waals surface area contributed by atoms with E-state index < -0.39 is 6.10 Å². The summed E-state index contributed by atoms with van der Waals surface area (Å²) in [7, 11) is 0. The lowest BCUT2D eigenvalue weighted by Crippen LogP contribution is -2.29. The van der Waals surface area contributed by atoms with Crippen molar-refractivity contribution in [3.8, 4) is 0 Å². The van der Waals surface area contributed by atoms with E-state index in [0.717, 1.165) is 5.56 Å². The van der Waals surface area contributed by atoms with Gasteiger partial charge in [0.1, 0.15) is 0 Å². The topological polar surface area (TPSA) is 64.4 Å². The molecule has 0 fully saturated rings. The fraction of sp³-hybridized carbons (Fsp3) is 0.222. The van der Waals surface area contributed by atoms with Crippen molar-refractivity contribution >= 4 is 10.9 Å². The first kappa shape index (κ1) is 15.4. The van der Waals surface area contributed by atoms with Gasteiger partial charge in [0.25, 0.3) is 5.56 Å². The van der Waals surface area contributed by atoms with Crippen LogP contribution in [0.25, 0.3) is 10.9 Å². The summed E-state index contributed by atoms with van der Waals surface area (Å²) in [6, 6.07) is 16.9. The van der Waals surface area contributed by atoms with Crippen LogP contribution in [0.5, 0.6) is 0 Å². The average molecular weight is 310 g/mol. The highest BCUT2D eigenvalue weighted by molar-refractivity contribution is 5.76. The maximum Gasteiger partial charge on any atom is 0.261 e. The molecule has 1 heterocycles. The second kappa shape index (κ2) is 7.17. The van der Waals surface area contributed by atoms with E-state index in [-0.39, 0.29) is 18.7 Å². The van der Waals surface area contributed by atoms with E-state index in [4.69, 9.17) is 4.74 Å². The number of fused-ring (bicyclic) bond motifs is 1. The van der Waals surface area contributed by atoms with Crippen LogP contribution in [0.2, 0.25) is 0 Å². The molecule has 0 radical (unpaired) electrons. The number of rotatable bonds is 6. The van der Waals surface area contributed by atoms with Gasteiger partial charge >= 0.3 is 0 Å². The Morgan fingerprint density at radius 2 is 1.83 bits per heavy atom. The summed E-state index contributed by atoms with van der Waals surface area (Å²) in [4.78, 5) is 16.6. The second-order valence-corrected chi connectivity index (χ2v) is 5.37. The number of aliphatic hydroxyl groups excluding tert-OH is 1. The molecule has 0 spiro atoms. The molecular weight excluding hydrogens is 292 g/mol. The molecule has 0 bridgehead atoms. The Morgan fingerprint density at radius 3 is 2.65 bits per heavy atom. The van der Waals surface area contributed by atoms with Gasteiger partial charge in [0.15, 0.2) is 0 Å². The van der Waals surface area contributed by atoms with Gasteiger partial charge in [-0.3, -0.25) is 9.36 Å². The molecule has 0 saturated carbocycles. The summed E-state index contributed by atoms with van der Waals surface area (Å²) >= 11 is 0. The van der Waals surface area contributed by atoms with E-state index in [1.807, 2.05) is 36.4 Å². The van der Waals surface area contributed by atoms with Gasteiger partial charge < -0.3 is 9.84 Å². The smallest absolute Gasteiger partial charge is 0.261 e. The number of ether oxygens (including phenoxy) is 1.